The molecule has 0 radical (unpaired) electrons. The summed E-state index contributed by atoms with van der Waals surface area (Å²) >= 11 is 0. The Morgan fingerprint density at radius 3 is 2.59 bits per heavy atom. The van der Waals surface area contributed by atoms with Crippen LogP contribution in [0.4, 0.5) is 5.69 Å². The summed E-state index contributed by atoms with van der Waals surface area (Å²) in [5.41, 5.74) is 1.50. The van der Waals surface area contributed by atoms with E-state index in [2.05, 4.69) is 5.32 Å². The highest BCUT2D eigenvalue weighted by atomic mass is 16.5. The van der Waals surface area contributed by atoms with Crippen LogP contribution in [-0.2, 0) is 20.9 Å². The minimum absolute atomic E-state index is 0.134. The van der Waals surface area contributed by atoms with Gasteiger partial charge >= 0.3 is 5.97 Å². The lowest BCUT2D eigenvalue weighted by atomic mass is 10.1. The first kappa shape index (κ1) is 20.2. The van der Waals surface area contributed by atoms with Gasteiger partial charge in [0.1, 0.15) is 11.5 Å². The van der Waals surface area contributed by atoms with Gasteiger partial charge < -0.3 is 24.8 Å². The van der Waals surface area contributed by atoms with Crippen molar-refractivity contribution in [1.29, 1.82) is 0 Å². The van der Waals surface area contributed by atoms with Crippen molar-refractivity contribution in [2.24, 2.45) is 5.92 Å². The maximum Gasteiger partial charge on any atom is 0.341 e. The van der Waals surface area contributed by atoms with E-state index in [4.69, 9.17) is 14.6 Å². The molecule has 1 aliphatic heterocycles. The third-order valence-electron chi connectivity index (χ3n) is 4.65. The normalized spacial score (nSPS) is 15.8. The Hall–Kier alpha value is -3.55. The van der Waals surface area contributed by atoms with Crippen molar-refractivity contribution in [3.8, 4) is 11.5 Å². The second-order valence-corrected chi connectivity index (χ2v) is 6.61. The molecule has 1 unspecified atom stereocenters. The maximum absolute atomic E-state index is 12.5. The number of amides is 2. The highest BCUT2D eigenvalue weighted by Crippen LogP contribution is 2.27. The van der Waals surface area contributed by atoms with Crippen LogP contribution in [0.25, 0.3) is 0 Å². The highest BCUT2D eigenvalue weighted by molar-refractivity contribution is 6.00. The standard InChI is InChI=1S/C21H22N2O6/c1-28-18-5-3-2-4-14(18)11-22-21(27)15-10-19(24)23(12-15)16-6-8-17(9-7-16)29-13-20(25)26/h2-9,15H,10-13H2,1H3,(H,22,27)(H,25,26). The van der Waals surface area contributed by atoms with E-state index in [9.17, 15) is 14.4 Å². The minimum atomic E-state index is -1.06. The third-order valence-corrected chi connectivity index (χ3v) is 4.65. The van der Waals surface area contributed by atoms with Gasteiger partial charge in [-0.1, -0.05) is 18.2 Å². The van der Waals surface area contributed by atoms with Gasteiger partial charge in [-0.25, -0.2) is 4.79 Å². The van der Waals surface area contributed by atoms with Crippen LogP contribution < -0.4 is 19.7 Å². The summed E-state index contributed by atoms with van der Waals surface area (Å²) < 4.78 is 10.4. The number of nitrogens with one attached hydrogen (secondary N) is 1. The predicted octanol–water partition coefficient (Wildman–Crippen LogP) is 1.83. The first-order chi connectivity index (χ1) is 14.0. The number of carboxylic acid groups (broad SMARTS) is 1. The van der Waals surface area contributed by atoms with E-state index in [1.807, 2.05) is 24.3 Å². The van der Waals surface area contributed by atoms with Gasteiger partial charge in [0.15, 0.2) is 6.61 Å². The van der Waals surface area contributed by atoms with Crippen molar-refractivity contribution in [2.75, 3.05) is 25.2 Å². The summed E-state index contributed by atoms with van der Waals surface area (Å²) in [6.45, 7) is 0.172. The summed E-state index contributed by atoms with van der Waals surface area (Å²) in [6.07, 6.45) is 0.134. The molecule has 3 rings (SSSR count). The zero-order valence-corrected chi connectivity index (χ0v) is 16.0. The van der Waals surface area contributed by atoms with E-state index in [0.29, 0.717) is 23.7 Å². The molecule has 1 heterocycles. The van der Waals surface area contributed by atoms with E-state index in [-0.39, 0.29) is 24.8 Å². The lowest BCUT2D eigenvalue weighted by Crippen LogP contribution is -2.32. The van der Waals surface area contributed by atoms with Crippen LogP contribution in [0.5, 0.6) is 11.5 Å². The second kappa shape index (κ2) is 9.09. The maximum atomic E-state index is 12.5. The molecule has 152 valence electrons. The van der Waals surface area contributed by atoms with Crippen LogP contribution in [-0.4, -0.2) is 43.2 Å². The van der Waals surface area contributed by atoms with Crippen LogP contribution in [0.2, 0.25) is 0 Å². The molecule has 2 aromatic carbocycles. The van der Waals surface area contributed by atoms with Crippen molar-refractivity contribution in [1.82, 2.24) is 5.32 Å². The molecular formula is C21H22N2O6. The molecule has 0 saturated carbocycles. The Labute approximate surface area is 168 Å². The summed E-state index contributed by atoms with van der Waals surface area (Å²) in [6, 6.07) is 14.0. The van der Waals surface area contributed by atoms with E-state index in [1.54, 1.807) is 36.3 Å². The average molecular weight is 398 g/mol. The Bertz CT molecular complexity index is 896. The first-order valence-electron chi connectivity index (χ1n) is 9.12. The molecule has 2 N–H and O–H groups in total. The number of hydrogen-bond donors (Lipinski definition) is 2. The number of rotatable bonds is 8. The zero-order valence-electron chi connectivity index (χ0n) is 16.0. The number of para-hydroxylation sites is 1. The molecule has 1 saturated heterocycles. The lowest BCUT2D eigenvalue weighted by molar-refractivity contribution is -0.139. The molecule has 0 aliphatic carbocycles. The number of hydrogen-bond acceptors (Lipinski definition) is 5. The Balaban J connectivity index is 1.58. The molecule has 2 amide bonds. The Morgan fingerprint density at radius 2 is 1.90 bits per heavy atom. The zero-order chi connectivity index (χ0) is 20.8. The summed E-state index contributed by atoms with van der Waals surface area (Å²) in [5, 5.41) is 11.5. The SMILES string of the molecule is COc1ccccc1CNC(=O)C1CC(=O)N(c2ccc(OCC(=O)O)cc2)C1. The second-order valence-electron chi connectivity index (χ2n) is 6.61. The van der Waals surface area contributed by atoms with Crippen LogP contribution in [0.15, 0.2) is 48.5 Å². The number of carboxylic acids is 1. The largest absolute Gasteiger partial charge is 0.496 e. The number of carbonyl (C=O) groups is 3. The smallest absolute Gasteiger partial charge is 0.341 e. The molecule has 8 heteroatoms. The highest BCUT2D eigenvalue weighted by Gasteiger charge is 2.35. The van der Waals surface area contributed by atoms with E-state index >= 15 is 0 Å². The van der Waals surface area contributed by atoms with Crippen molar-refractivity contribution in [2.45, 2.75) is 13.0 Å². The molecule has 8 nitrogen and oxygen atoms in total. The van der Waals surface area contributed by atoms with Gasteiger partial charge in [-0.2, -0.15) is 0 Å². The van der Waals surface area contributed by atoms with Crippen molar-refractivity contribution >= 4 is 23.5 Å². The van der Waals surface area contributed by atoms with Gasteiger partial charge in [0, 0.05) is 30.8 Å². The number of carbonyl (C=O) groups excluding carboxylic acids is 2. The molecule has 0 bridgehead atoms. The number of nitrogens with zero attached hydrogens (tertiary/aromatic N) is 1. The molecule has 1 aliphatic rings. The number of anilines is 1. The molecule has 2 aromatic rings. The minimum Gasteiger partial charge on any atom is -0.496 e. The molecular weight excluding hydrogens is 376 g/mol. The van der Waals surface area contributed by atoms with Crippen molar-refractivity contribution in [3.63, 3.8) is 0 Å². The number of ether oxygens (including phenoxy) is 2. The molecule has 29 heavy (non-hydrogen) atoms. The van der Waals surface area contributed by atoms with Crippen LogP contribution in [0.3, 0.4) is 0 Å². The topological polar surface area (TPSA) is 105 Å². The monoisotopic (exact) mass is 398 g/mol. The predicted molar refractivity (Wildman–Crippen MR) is 105 cm³/mol. The molecule has 1 fully saturated rings. The molecule has 0 aromatic heterocycles. The van der Waals surface area contributed by atoms with Crippen LogP contribution >= 0.6 is 0 Å². The Morgan fingerprint density at radius 1 is 1.17 bits per heavy atom. The van der Waals surface area contributed by atoms with Gasteiger partial charge in [0.2, 0.25) is 11.8 Å². The summed E-state index contributed by atoms with van der Waals surface area (Å²) in [4.78, 5) is 37.0. The van der Waals surface area contributed by atoms with E-state index < -0.39 is 18.5 Å². The number of aliphatic carboxylic acids is 1. The van der Waals surface area contributed by atoms with Gasteiger partial charge in [-0.3, -0.25) is 9.59 Å². The summed E-state index contributed by atoms with van der Waals surface area (Å²) in [5.74, 6) is -0.739. The fourth-order valence-electron chi connectivity index (χ4n) is 3.18. The van der Waals surface area contributed by atoms with Crippen molar-refractivity contribution < 1.29 is 29.0 Å². The van der Waals surface area contributed by atoms with Gasteiger partial charge in [-0.05, 0) is 30.3 Å². The van der Waals surface area contributed by atoms with E-state index in [1.165, 1.54) is 0 Å². The lowest BCUT2D eigenvalue weighted by Gasteiger charge is -2.17. The van der Waals surface area contributed by atoms with Gasteiger partial charge in [0.05, 0.1) is 13.0 Å². The molecule has 1 atom stereocenters. The van der Waals surface area contributed by atoms with Gasteiger partial charge in [0.25, 0.3) is 0 Å². The quantitative estimate of drug-likeness (QED) is 0.703. The van der Waals surface area contributed by atoms with Crippen molar-refractivity contribution in [3.05, 3.63) is 54.1 Å². The van der Waals surface area contributed by atoms with Crippen LogP contribution in [0.1, 0.15) is 12.0 Å². The third kappa shape index (κ3) is 5.04. The fourth-order valence-corrected chi connectivity index (χ4v) is 3.18. The number of benzene rings is 2. The molecule has 0 spiro atoms. The van der Waals surface area contributed by atoms with Gasteiger partial charge in [-0.15, -0.1) is 0 Å². The van der Waals surface area contributed by atoms with Crippen LogP contribution in [0, 0.1) is 5.92 Å². The first-order valence-corrected chi connectivity index (χ1v) is 9.12. The van der Waals surface area contributed by atoms with E-state index in [0.717, 1.165) is 5.56 Å². The average Bonchev–Trinajstić information content (AvgIpc) is 3.12. The number of methoxy groups -OCH3 is 1. The Kier molecular flexibility index (Phi) is 6.33. The summed E-state index contributed by atoms with van der Waals surface area (Å²) in [7, 11) is 1.58. The fraction of sp³-hybridized carbons (Fsp3) is 0.286.